The molecule has 1 saturated carbocycles. The summed E-state index contributed by atoms with van der Waals surface area (Å²) in [5.41, 5.74) is -0.0557. The van der Waals surface area contributed by atoms with E-state index in [1.54, 1.807) is 0 Å². The van der Waals surface area contributed by atoms with Crippen LogP contribution in [0.15, 0.2) is 12.1 Å². The number of nitrogens with one attached hydrogen (secondary N) is 2. The molecular formula is C13H14Cl2N2O3. The van der Waals surface area contributed by atoms with Crippen LogP contribution in [0.3, 0.4) is 0 Å². The first-order valence-electron chi connectivity index (χ1n) is 6.20. The van der Waals surface area contributed by atoms with E-state index in [0.29, 0.717) is 5.92 Å². The number of carbonyl (C=O) groups excluding carboxylic acids is 1. The fourth-order valence-electron chi connectivity index (χ4n) is 1.76. The molecule has 0 heterocycles. The van der Waals surface area contributed by atoms with Crippen LogP contribution in [0.25, 0.3) is 0 Å². The van der Waals surface area contributed by atoms with Crippen molar-refractivity contribution in [2.24, 2.45) is 5.92 Å². The summed E-state index contributed by atoms with van der Waals surface area (Å²) in [7, 11) is 0. The van der Waals surface area contributed by atoms with E-state index in [2.05, 4.69) is 10.6 Å². The van der Waals surface area contributed by atoms with Crippen molar-refractivity contribution in [1.82, 2.24) is 5.32 Å². The third-order valence-corrected chi connectivity index (χ3v) is 3.48. The highest BCUT2D eigenvalue weighted by Gasteiger charge is 2.21. The molecule has 20 heavy (non-hydrogen) atoms. The first-order chi connectivity index (χ1) is 9.47. The zero-order valence-electron chi connectivity index (χ0n) is 10.6. The van der Waals surface area contributed by atoms with Crippen molar-refractivity contribution in [3.05, 3.63) is 27.7 Å². The third kappa shape index (κ3) is 4.10. The highest BCUT2D eigenvalue weighted by atomic mass is 35.5. The average Bonchev–Trinajstić information content (AvgIpc) is 3.16. The number of hydrogen-bond acceptors (Lipinski definition) is 3. The normalized spacial score (nSPS) is 14.1. The van der Waals surface area contributed by atoms with Gasteiger partial charge < -0.3 is 15.7 Å². The topological polar surface area (TPSA) is 78.4 Å². The molecule has 0 spiro atoms. The summed E-state index contributed by atoms with van der Waals surface area (Å²) in [5.74, 6) is -0.871. The molecule has 7 heteroatoms. The van der Waals surface area contributed by atoms with E-state index in [1.165, 1.54) is 25.0 Å². The molecule has 1 fully saturated rings. The van der Waals surface area contributed by atoms with Crippen LogP contribution in [-0.2, 0) is 4.79 Å². The lowest BCUT2D eigenvalue weighted by Gasteiger charge is -2.11. The summed E-state index contributed by atoms with van der Waals surface area (Å²) < 4.78 is 0. The van der Waals surface area contributed by atoms with Gasteiger partial charge in [0.15, 0.2) is 0 Å². The van der Waals surface area contributed by atoms with E-state index in [4.69, 9.17) is 28.3 Å². The summed E-state index contributed by atoms with van der Waals surface area (Å²) in [6.07, 6.45) is 2.39. The minimum absolute atomic E-state index is 0.0711. The van der Waals surface area contributed by atoms with Crippen molar-refractivity contribution < 1.29 is 14.7 Å². The second-order valence-corrected chi connectivity index (χ2v) is 5.58. The third-order valence-electron chi connectivity index (χ3n) is 2.97. The molecule has 0 unspecified atom stereocenters. The Kier molecular flexibility index (Phi) is 4.86. The second-order valence-electron chi connectivity index (χ2n) is 4.74. The number of carbonyl (C=O) groups is 2. The molecule has 0 bridgehead atoms. The van der Waals surface area contributed by atoms with Gasteiger partial charge in [0.1, 0.15) is 0 Å². The predicted molar refractivity (Wildman–Crippen MR) is 77.6 cm³/mol. The highest BCUT2D eigenvalue weighted by molar-refractivity contribution is 6.37. The van der Waals surface area contributed by atoms with E-state index < -0.39 is 5.97 Å². The zero-order chi connectivity index (χ0) is 14.7. The van der Waals surface area contributed by atoms with E-state index in [-0.39, 0.29) is 33.7 Å². The van der Waals surface area contributed by atoms with Crippen molar-refractivity contribution in [2.75, 3.05) is 18.4 Å². The molecule has 1 aromatic carbocycles. The zero-order valence-corrected chi connectivity index (χ0v) is 12.1. The molecule has 1 amide bonds. The lowest BCUT2D eigenvalue weighted by Crippen LogP contribution is -2.30. The van der Waals surface area contributed by atoms with Gasteiger partial charge in [-0.3, -0.25) is 4.79 Å². The minimum Gasteiger partial charge on any atom is -0.478 e. The molecule has 1 aromatic rings. The maximum atomic E-state index is 11.8. The number of carboxylic acids is 1. The molecule has 5 nitrogen and oxygen atoms in total. The van der Waals surface area contributed by atoms with Crippen molar-refractivity contribution in [3.63, 3.8) is 0 Å². The summed E-state index contributed by atoms with van der Waals surface area (Å²) in [5, 5.41) is 14.9. The van der Waals surface area contributed by atoms with E-state index in [9.17, 15) is 9.59 Å². The second kappa shape index (κ2) is 6.43. The summed E-state index contributed by atoms with van der Waals surface area (Å²) in [6, 6.07) is 2.64. The largest absolute Gasteiger partial charge is 0.478 e. The van der Waals surface area contributed by atoms with Crippen LogP contribution in [0.1, 0.15) is 23.2 Å². The Bertz CT molecular complexity index is 545. The minimum atomic E-state index is -1.20. The van der Waals surface area contributed by atoms with Gasteiger partial charge in [0.05, 0.1) is 22.8 Å². The monoisotopic (exact) mass is 316 g/mol. The molecule has 2 rings (SSSR count). The Hall–Kier alpha value is -1.30. The van der Waals surface area contributed by atoms with Crippen LogP contribution in [0.4, 0.5) is 5.69 Å². The number of aromatic carboxylic acids is 1. The van der Waals surface area contributed by atoms with E-state index in [0.717, 1.165) is 6.54 Å². The summed E-state index contributed by atoms with van der Waals surface area (Å²) in [4.78, 5) is 22.9. The molecule has 0 saturated heterocycles. The van der Waals surface area contributed by atoms with E-state index in [1.807, 2.05) is 0 Å². The molecule has 0 aromatic heterocycles. The Morgan fingerprint density at radius 2 is 2.00 bits per heavy atom. The first-order valence-corrected chi connectivity index (χ1v) is 6.96. The van der Waals surface area contributed by atoms with Crippen molar-refractivity contribution >= 4 is 40.8 Å². The van der Waals surface area contributed by atoms with Gasteiger partial charge >= 0.3 is 5.97 Å². The Morgan fingerprint density at radius 3 is 2.60 bits per heavy atom. The maximum Gasteiger partial charge on any atom is 0.337 e. The number of amides is 1. The molecule has 3 N–H and O–H groups in total. The van der Waals surface area contributed by atoms with Gasteiger partial charge in [-0.05, 0) is 37.4 Å². The standard InChI is InChI=1S/C13H14Cl2N2O3/c14-8-3-9(13(19)20)12(10(15)4-8)17-11(18)6-16-5-7-1-2-7/h3-4,7,16H,1-2,5-6H2,(H,17,18)(H,19,20). The number of halogens is 2. The molecule has 1 aliphatic rings. The molecule has 1 aliphatic carbocycles. The van der Waals surface area contributed by atoms with Gasteiger partial charge in [0.25, 0.3) is 0 Å². The quantitative estimate of drug-likeness (QED) is 0.754. The summed E-state index contributed by atoms with van der Waals surface area (Å²) >= 11 is 11.7. The van der Waals surface area contributed by atoms with Crippen LogP contribution >= 0.6 is 23.2 Å². The number of anilines is 1. The lowest BCUT2D eigenvalue weighted by atomic mass is 10.1. The number of benzene rings is 1. The summed E-state index contributed by atoms with van der Waals surface area (Å²) in [6.45, 7) is 0.919. The fraction of sp³-hybridized carbons (Fsp3) is 0.385. The Balaban J connectivity index is 2.03. The fourth-order valence-corrected chi connectivity index (χ4v) is 2.31. The highest BCUT2D eigenvalue weighted by Crippen LogP contribution is 2.30. The van der Waals surface area contributed by atoms with E-state index >= 15 is 0 Å². The van der Waals surface area contributed by atoms with Crippen LogP contribution in [0, 0.1) is 5.92 Å². The smallest absolute Gasteiger partial charge is 0.337 e. The van der Waals surface area contributed by atoms with Gasteiger partial charge in [0.2, 0.25) is 5.91 Å². The first kappa shape index (κ1) is 15.1. The van der Waals surface area contributed by atoms with Crippen molar-refractivity contribution in [3.8, 4) is 0 Å². The van der Waals surface area contributed by atoms with Gasteiger partial charge in [-0.15, -0.1) is 0 Å². The molecule has 0 atom stereocenters. The molecule has 0 aliphatic heterocycles. The average molecular weight is 317 g/mol. The number of rotatable bonds is 6. The number of carboxylic acid groups (broad SMARTS) is 1. The van der Waals surface area contributed by atoms with Crippen LogP contribution in [0.5, 0.6) is 0 Å². The SMILES string of the molecule is O=C(CNCC1CC1)Nc1c(Cl)cc(Cl)cc1C(=O)O. The van der Waals surface area contributed by atoms with Crippen molar-refractivity contribution in [1.29, 1.82) is 0 Å². The number of hydrogen-bond donors (Lipinski definition) is 3. The van der Waals surface area contributed by atoms with Gasteiger partial charge in [-0.2, -0.15) is 0 Å². The van der Waals surface area contributed by atoms with Crippen molar-refractivity contribution in [2.45, 2.75) is 12.8 Å². The van der Waals surface area contributed by atoms with Gasteiger partial charge in [-0.1, -0.05) is 23.2 Å². The van der Waals surface area contributed by atoms with Crippen LogP contribution in [-0.4, -0.2) is 30.1 Å². The molecular weight excluding hydrogens is 303 g/mol. The molecule has 108 valence electrons. The predicted octanol–water partition coefficient (Wildman–Crippen LogP) is 2.63. The van der Waals surface area contributed by atoms with Crippen LogP contribution < -0.4 is 10.6 Å². The molecule has 0 radical (unpaired) electrons. The van der Waals surface area contributed by atoms with Gasteiger partial charge in [0, 0.05) is 5.02 Å². The Morgan fingerprint density at radius 1 is 1.30 bits per heavy atom. The lowest BCUT2D eigenvalue weighted by molar-refractivity contribution is -0.115. The van der Waals surface area contributed by atoms with Crippen LogP contribution in [0.2, 0.25) is 10.0 Å². The Labute approximate surface area is 126 Å². The maximum absolute atomic E-state index is 11.8. The van der Waals surface area contributed by atoms with Gasteiger partial charge in [-0.25, -0.2) is 4.79 Å².